The van der Waals surface area contributed by atoms with Crippen molar-refractivity contribution in [2.75, 3.05) is 13.6 Å². The maximum absolute atomic E-state index is 13.1. The van der Waals surface area contributed by atoms with Crippen LogP contribution in [0.25, 0.3) is 10.9 Å². The summed E-state index contributed by atoms with van der Waals surface area (Å²) in [5.41, 5.74) is 3.36. The summed E-state index contributed by atoms with van der Waals surface area (Å²) < 4.78 is 0. The van der Waals surface area contributed by atoms with Crippen LogP contribution >= 0.6 is 0 Å². The molecule has 2 fully saturated rings. The monoisotopic (exact) mass is 353 g/mol. The fourth-order valence-corrected chi connectivity index (χ4v) is 4.08. The highest BCUT2D eigenvalue weighted by atomic mass is 16.2. The number of aromatic amines is 1. The van der Waals surface area contributed by atoms with E-state index in [1.807, 2.05) is 24.1 Å². The molecule has 1 aliphatic heterocycles. The first-order chi connectivity index (χ1) is 12.6. The molecular weight excluding hydrogens is 326 g/mol. The van der Waals surface area contributed by atoms with Gasteiger partial charge in [0, 0.05) is 36.1 Å². The molecule has 5 heteroatoms. The molecule has 2 amide bonds. The fourth-order valence-electron chi connectivity index (χ4n) is 4.08. The van der Waals surface area contributed by atoms with Crippen molar-refractivity contribution in [3.05, 3.63) is 35.5 Å². The quantitative estimate of drug-likeness (QED) is 0.917. The van der Waals surface area contributed by atoms with Crippen LogP contribution in [0.15, 0.2) is 24.3 Å². The van der Waals surface area contributed by atoms with Crippen molar-refractivity contribution in [2.24, 2.45) is 5.92 Å². The van der Waals surface area contributed by atoms with Gasteiger partial charge in [0.2, 0.25) is 11.8 Å². The molecule has 0 radical (unpaired) electrons. The van der Waals surface area contributed by atoms with E-state index in [1.54, 1.807) is 4.90 Å². The molecule has 2 aromatic rings. The highest BCUT2D eigenvalue weighted by Gasteiger charge is 2.40. The Hall–Kier alpha value is -2.30. The Morgan fingerprint density at radius 3 is 2.69 bits per heavy atom. The third kappa shape index (κ3) is 3.11. The van der Waals surface area contributed by atoms with Gasteiger partial charge in [-0.3, -0.25) is 9.59 Å². The Kier molecular flexibility index (Phi) is 4.47. The number of aromatic nitrogens is 1. The van der Waals surface area contributed by atoms with Gasteiger partial charge in [0.1, 0.15) is 6.04 Å². The maximum Gasteiger partial charge on any atom is 0.245 e. The largest absolute Gasteiger partial charge is 0.357 e. The zero-order chi connectivity index (χ0) is 18.3. The molecule has 5 nitrogen and oxygen atoms in total. The molecule has 1 saturated carbocycles. The van der Waals surface area contributed by atoms with E-state index in [-0.39, 0.29) is 23.8 Å². The summed E-state index contributed by atoms with van der Waals surface area (Å²) >= 11 is 0. The van der Waals surface area contributed by atoms with Gasteiger partial charge in [0.25, 0.3) is 0 Å². The van der Waals surface area contributed by atoms with E-state index in [1.165, 1.54) is 10.9 Å². The van der Waals surface area contributed by atoms with Crippen molar-refractivity contribution in [3.8, 4) is 0 Å². The van der Waals surface area contributed by atoms with Crippen molar-refractivity contribution in [1.29, 1.82) is 0 Å². The lowest BCUT2D eigenvalue weighted by Gasteiger charge is -2.37. The van der Waals surface area contributed by atoms with Gasteiger partial charge in [-0.05, 0) is 50.7 Å². The number of H-pyrrole nitrogens is 1. The van der Waals surface area contributed by atoms with Gasteiger partial charge in [-0.1, -0.05) is 18.2 Å². The number of aryl methyl sites for hydroxylation is 1. The van der Waals surface area contributed by atoms with Crippen LogP contribution in [0.4, 0.5) is 0 Å². The second-order valence-corrected chi connectivity index (χ2v) is 7.79. The Labute approximate surface area is 154 Å². The van der Waals surface area contributed by atoms with Crippen molar-refractivity contribution in [1.82, 2.24) is 14.8 Å². The average molecular weight is 353 g/mol. The first kappa shape index (κ1) is 17.1. The highest BCUT2D eigenvalue weighted by molar-refractivity contribution is 5.90. The number of carbonyl (C=O) groups is 2. The van der Waals surface area contributed by atoms with Crippen LogP contribution in [0.5, 0.6) is 0 Å². The van der Waals surface area contributed by atoms with E-state index in [2.05, 4.69) is 24.0 Å². The number of para-hydroxylation sites is 1. The minimum absolute atomic E-state index is 0.0664. The number of hydrogen-bond acceptors (Lipinski definition) is 2. The van der Waals surface area contributed by atoms with Crippen LogP contribution in [0.2, 0.25) is 0 Å². The molecule has 138 valence electrons. The molecule has 0 spiro atoms. The van der Waals surface area contributed by atoms with Gasteiger partial charge >= 0.3 is 0 Å². The number of nitrogens with zero attached hydrogens (tertiary/aromatic N) is 2. The van der Waals surface area contributed by atoms with E-state index in [0.29, 0.717) is 6.54 Å². The smallest absolute Gasteiger partial charge is 0.245 e. The van der Waals surface area contributed by atoms with E-state index in [9.17, 15) is 9.59 Å². The van der Waals surface area contributed by atoms with Gasteiger partial charge in [0.15, 0.2) is 0 Å². The fraction of sp³-hybridized carbons (Fsp3) is 0.524. The molecule has 0 bridgehead atoms. The van der Waals surface area contributed by atoms with Crippen LogP contribution < -0.4 is 0 Å². The molecule has 1 atom stereocenters. The third-order valence-corrected chi connectivity index (χ3v) is 5.84. The minimum Gasteiger partial charge on any atom is -0.357 e. The molecule has 1 saturated heterocycles. The van der Waals surface area contributed by atoms with Crippen molar-refractivity contribution < 1.29 is 9.59 Å². The predicted octanol–water partition coefficient (Wildman–Crippen LogP) is 3.23. The van der Waals surface area contributed by atoms with Crippen LogP contribution in [-0.2, 0) is 16.1 Å². The van der Waals surface area contributed by atoms with Gasteiger partial charge < -0.3 is 14.8 Å². The van der Waals surface area contributed by atoms with Crippen LogP contribution in [-0.4, -0.2) is 46.2 Å². The lowest BCUT2D eigenvalue weighted by molar-refractivity contribution is -0.148. The third-order valence-electron chi connectivity index (χ3n) is 5.84. The number of likely N-dealkylation sites (tertiary alicyclic amines) is 1. The summed E-state index contributed by atoms with van der Waals surface area (Å²) in [6.07, 6.45) is 4.78. The number of nitrogens with one attached hydrogen (secondary N) is 1. The Morgan fingerprint density at radius 1 is 1.19 bits per heavy atom. The molecule has 4 rings (SSSR count). The number of fused-ring (bicyclic) bond motifs is 1. The lowest BCUT2D eigenvalue weighted by atomic mass is 10.00. The number of likely N-dealkylation sites (N-methyl/N-ethyl adjacent to an activating group) is 1. The number of hydrogen-bond donors (Lipinski definition) is 1. The van der Waals surface area contributed by atoms with E-state index in [0.717, 1.165) is 49.9 Å². The minimum atomic E-state index is -0.286. The number of piperidine rings is 1. The van der Waals surface area contributed by atoms with Gasteiger partial charge in [0.05, 0.1) is 6.54 Å². The maximum atomic E-state index is 13.1. The van der Waals surface area contributed by atoms with Gasteiger partial charge in [-0.2, -0.15) is 0 Å². The summed E-state index contributed by atoms with van der Waals surface area (Å²) in [5.74, 6) is 0.430. The Balaban J connectivity index is 1.50. The van der Waals surface area contributed by atoms with Crippen molar-refractivity contribution in [3.63, 3.8) is 0 Å². The molecule has 2 heterocycles. The van der Waals surface area contributed by atoms with Crippen LogP contribution in [0.1, 0.15) is 43.4 Å². The predicted molar refractivity (Wildman–Crippen MR) is 102 cm³/mol. The molecule has 1 aromatic carbocycles. The SMILES string of the molecule is Cc1c(CN(C)C(=O)[C@H]2CCCCN2C(=O)C2CC2)[nH]c2ccccc12. The Morgan fingerprint density at radius 2 is 1.96 bits per heavy atom. The molecule has 1 aliphatic carbocycles. The molecule has 0 unspecified atom stereocenters. The van der Waals surface area contributed by atoms with E-state index < -0.39 is 0 Å². The van der Waals surface area contributed by atoms with Crippen LogP contribution in [0.3, 0.4) is 0 Å². The number of benzene rings is 1. The highest BCUT2D eigenvalue weighted by Crippen LogP contribution is 2.33. The number of carbonyl (C=O) groups excluding carboxylic acids is 2. The normalized spacial score (nSPS) is 20.4. The summed E-state index contributed by atoms with van der Waals surface area (Å²) in [6.45, 7) is 3.36. The van der Waals surface area contributed by atoms with Gasteiger partial charge in [-0.25, -0.2) is 0 Å². The van der Waals surface area contributed by atoms with Gasteiger partial charge in [-0.15, -0.1) is 0 Å². The van der Waals surface area contributed by atoms with Crippen LogP contribution in [0, 0.1) is 12.8 Å². The Bertz CT molecular complexity index is 837. The topological polar surface area (TPSA) is 56.4 Å². The summed E-state index contributed by atoms with van der Waals surface area (Å²) in [5, 5.41) is 1.20. The second-order valence-electron chi connectivity index (χ2n) is 7.79. The van der Waals surface area contributed by atoms with Crippen molar-refractivity contribution in [2.45, 2.75) is 51.6 Å². The molecule has 1 aromatic heterocycles. The average Bonchev–Trinajstić information content (AvgIpc) is 3.47. The molecular formula is C21H27N3O2. The number of amides is 2. The summed E-state index contributed by atoms with van der Waals surface area (Å²) in [6, 6.07) is 7.92. The second kappa shape index (κ2) is 6.78. The summed E-state index contributed by atoms with van der Waals surface area (Å²) in [4.78, 5) is 32.8. The lowest BCUT2D eigenvalue weighted by Crippen LogP contribution is -2.52. The molecule has 1 N–H and O–H groups in total. The first-order valence-electron chi connectivity index (χ1n) is 9.68. The zero-order valence-corrected chi connectivity index (χ0v) is 15.6. The number of rotatable bonds is 4. The van der Waals surface area contributed by atoms with E-state index in [4.69, 9.17) is 0 Å². The standard InChI is InChI=1S/C21H27N3O2/c1-14-16-7-3-4-8-17(16)22-18(14)13-23(2)21(26)19-9-5-6-12-24(19)20(25)15-10-11-15/h3-4,7-8,15,19,22H,5-6,9-13H2,1-2H3/t19-/m1/s1. The molecule has 26 heavy (non-hydrogen) atoms. The summed E-state index contributed by atoms with van der Waals surface area (Å²) in [7, 11) is 1.85. The van der Waals surface area contributed by atoms with E-state index >= 15 is 0 Å². The first-order valence-corrected chi connectivity index (χ1v) is 9.68. The molecule has 2 aliphatic rings. The zero-order valence-electron chi connectivity index (χ0n) is 15.6. The van der Waals surface area contributed by atoms with Crippen molar-refractivity contribution >= 4 is 22.7 Å².